The average molecular weight is 262 g/mol. The molecule has 0 spiro atoms. The normalized spacial score (nSPS) is 18.8. The number of amides is 2. The topological polar surface area (TPSA) is 72.6 Å². The highest BCUT2D eigenvalue weighted by Gasteiger charge is 2.34. The van der Waals surface area contributed by atoms with E-state index >= 15 is 0 Å². The molecule has 0 aromatic heterocycles. The third-order valence-electron chi connectivity index (χ3n) is 3.49. The van der Waals surface area contributed by atoms with Gasteiger partial charge in [-0.05, 0) is 37.1 Å². The zero-order valence-electron chi connectivity index (χ0n) is 11.4. The van der Waals surface area contributed by atoms with Gasteiger partial charge in [-0.2, -0.15) is 0 Å². The van der Waals surface area contributed by atoms with Crippen LogP contribution in [-0.2, 0) is 9.59 Å². The van der Waals surface area contributed by atoms with Gasteiger partial charge in [0.15, 0.2) is 0 Å². The van der Waals surface area contributed by atoms with Crippen LogP contribution in [0.1, 0.15) is 17.5 Å². The third kappa shape index (κ3) is 2.41. The molecule has 1 saturated heterocycles. The number of aryl methyl sites for hydroxylation is 2. The van der Waals surface area contributed by atoms with Crippen LogP contribution in [0.3, 0.4) is 0 Å². The van der Waals surface area contributed by atoms with E-state index in [1.54, 1.807) is 12.0 Å². The first kappa shape index (κ1) is 13.4. The quantitative estimate of drug-likeness (QED) is 0.888. The number of anilines is 1. The number of ether oxygens (including phenoxy) is 1. The lowest BCUT2D eigenvalue weighted by Gasteiger charge is -2.19. The number of primary amides is 1. The van der Waals surface area contributed by atoms with Crippen LogP contribution in [0, 0.1) is 19.8 Å². The van der Waals surface area contributed by atoms with Crippen molar-refractivity contribution in [2.75, 3.05) is 18.6 Å². The highest BCUT2D eigenvalue weighted by molar-refractivity contribution is 6.00. The van der Waals surface area contributed by atoms with Crippen LogP contribution in [0.25, 0.3) is 0 Å². The first-order chi connectivity index (χ1) is 8.93. The minimum Gasteiger partial charge on any atom is -0.496 e. The van der Waals surface area contributed by atoms with Crippen LogP contribution in [-0.4, -0.2) is 25.5 Å². The summed E-state index contributed by atoms with van der Waals surface area (Å²) < 4.78 is 5.30. The second kappa shape index (κ2) is 4.91. The van der Waals surface area contributed by atoms with E-state index in [1.807, 2.05) is 26.0 Å². The number of methoxy groups -OCH3 is 1. The van der Waals surface area contributed by atoms with E-state index in [2.05, 4.69) is 0 Å². The molecule has 1 aromatic rings. The van der Waals surface area contributed by atoms with Gasteiger partial charge in [0.05, 0.1) is 13.0 Å². The number of hydrogen-bond acceptors (Lipinski definition) is 3. The fourth-order valence-corrected chi connectivity index (χ4v) is 2.55. The highest BCUT2D eigenvalue weighted by Crippen LogP contribution is 2.32. The molecule has 1 atom stereocenters. The zero-order chi connectivity index (χ0) is 14.2. The van der Waals surface area contributed by atoms with Gasteiger partial charge in [0.2, 0.25) is 11.8 Å². The largest absolute Gasteiger partial charge is 0.496 e. The Kier molecular flexibility index (Phi) is 3.46. The molecule has 1 unspecified atom stereocenters. The number of rotatable bonds is 3. The Morgan fingerprint density at radius 3 is 2.37 bits per heavy atom. The number of nitrogens with two attached hydrogens (primary N) is 1. The lowest BCUT2D eigenvalue weighted by molar-refractivity contribution is -0.123. The van der Waals surface area contributed by atoms with Crippen LogP contribution in [0.2, 0.25) is 0 Å². The number of carbonyl (C=O) groups is 2. The minimum atomic E-state index is -0.419. The molecule has 2 N–H and O–H groups in total. The SMILES string of the molecule is COc1c(C)cc(N2CC(C(N)=O)CC2=O)cc1C. The van der Waals surface area contributed by atoms with E-state index in [0.29, 0.717) is 6.54 Å². The van der Waals surface area contributed by atoms with Gasteiger partial charge in [-0.25, -0.2) is 0 Å². The predicted molar refractivity (Wildman–Crippen MR) is 72.1 cm³/mol. The van der Waals surface area contributed by atoms with Crippen molar-refractivity contribution in [1.29, 1.82) is 0 Å². The molecule has 5 nitrogen and oxygen atoms in total. The van der Waals surface area contributed by atoms with E-state index in [1.165, 1.54) is 0 Å². The number of nitrogens with zero attached hydrogens (tertiary/aromatic N) is 1. The molecular formula is C14H18N2O3. The van der Waals surface area contributed by atoms with Gasteiger partial charge in [0, 0.05) is 18.7 Å². The average Bonchev–Trinajstić information content (AvgIpc) is 2.71. The van der Waals surface area contributed by atoms with Crippen molar-refractivity contribution in [2.24, 2.45) is 11.7 Å². The van der Waals surface area contributed by atoms with Crippen LogP contribution < -0.4 is 15.4 Å². The maximum absolute atomic E-state index is 12.0. The van der Waals surface area contributed by atoms with Gasteiger partial charge in [-0.15, -0.1) is 0 Å². The summed E-state index contributed by atoms with van der Waals surface area (Å²) in [5, 5.41) is 0. The molecule has 0 saturated carbocycles. The summed E-state index contributed by atoms with van der Waals surface area (Å²) in [6, 6.07) is 3.79. The predicted octanol–water partition coefficient (Wildman–Crippen LogP) is 1.15. The Bertz CT molecular complexity index is 516. The summed E-state index contributed by atoms with van der Waals surface area (Å²) in [5.74, 6) is -0.0531. The minimum absolute atomic E-state index is 0.0623. The smallest absolute Gasteiger partial charge is 0.227 e. The molecule has 1 heterocycles. The van der Waals surface area contributed by atoms with Crippen molar-refractivity contribution < 1.29 is 14.3 Å². The van der Waals surface area contributed by atoms with E-state index in [9.17, 15) is 9.59 Å². The maximum atomic E-state index is 12.0. The van der Waals surface area contributed by atoms with Gasteiger partial charge in [-0.3, -0.25) is 9.59 Å². The summed E-state index contributed by atoms with van der Waals surface area (Å²) in [6.07, 6.45) is 0.194. The van der Waals surface area contributed by atoms with Gasteiger partial charge in [0.1, 0.15) is 5.75 Å². The fourth-order valence-electron chi connectivity index (χ4n) is 2.55. The number of carbonyl (C=O) groups excluding carboxylic acids is 2. The lowest BCUT2D eigenvalue weighted by Crippen LogP contribution is -2.28. The second-order valence-corrected chi connectivity index (χ2v) is 4.92. The van der Waals surface area contributed by atoms with Crippen LogP contribution in [0.4, 0.5) is 5.69 Å². The molecule has 1 aliphatic heterocycles. The summed E-state index contributed by atoms with van der Waals surface area (Å²) in [6.45, 7) is 4.22. The van der Waals surface area contributed by atoms with Crippen LogP contribution in [0.5, 0.6) is 5.75 Å². The first-order valence-electron chi connectivity index (χ1n) is 6.19. The molecule has 1 aromatic carbocycles. The second-order valence-electron chi connectivity index (χ2n) is 4.92. The Morgan fingerprint density at radius 1 is 1.37 bits per heavy atom. The first-order valence-corrected chi connectivity index (χ1v) is 6.19. The molecule has 2 rings (SSSR count). The summed E-state index contributed by atoms with van der Waals surface area (Å²) in [7, 11) is 1.62. The molecular weight excluding hydrogens is 244 g/mol. The van der Waals surface area contributed by atoms with Crippen molar-refractivity contribution in [1.82, 2.24) is 0 Å². The lowest BCUT2D eigenvalue weighted by atomic mass is 10.1. The van der Waals surface area contributed by atoms with Crippen LogP contribution >= 0.6 is 0 Å². The fraction of sp³-hybridized carbons (Fsp3) is 0.429. The monoisotopic (exact) mass is 262 g/mol. The number of hydrogen-bond donors (Lipinski definition) is 1. The zero-order valence-corrected chi connectivity index (χ0v) is 11.4. The van der Waals surface area contributed by atoms with Gasteiger partial charge in [-0.1, -0.05) is 0 Å². The third-order valence-corrected chi connectivity index (χ3v) is 3.49. The molecule has 19 heavy (non-hydrogen) atoms. The molecule has 0 radical (unpaired) electrons. The van der Waals surface area contributed by atoms with E-state index in [0.717, 1.165) is 22.6 Å². The molecule has 0 bridgehead atoms. The summed E-state index contributed by atoms with van der Waals surface area (Å²) in [5.41, 5.74) is 7.99. The van der Waals surface area contributed by atoms with Crippen molar-refractivity contribution in [3.8, 4) is 5.75 Å². The van der Waals surface area contributed by atoms with Crippen molar-refractivity contribution in [3.05, 3.63) is 23.3 Å². The maximum Gasteiger partial charge on any atom is 0.227 e. The standard InChI is InChI=1S/C14H18N2O3/c1-8-4-11(5-9(2)13(8)19-3)16-7-10(14(15)18)6-12(16)17/h4-5,10H,6-7H2,1-3H3,(H2,15,18). The molecule has 102 valence electrons. The summed E-state index contributed by atoms with van der Waals surface area (Å²) >= 11 is 0. The van der Waals surface area contributed by atoms with Gasteiger partial charge >= 0.3 is 0 Å². The van der Waals surface area contributed by atoms with E-state index in [4.69, 9.17) is 10.5 Å². The highest BCUT2D eigenvalue weighted by atomic mass is 16.5. The Labute approximate surface area is 112 Å². The van der Waals surface area contributed by atoms with Crippen LogP contribution in [0.15, 0.2) is 12.1 Å². The molecule has 1 fully saturated rings. The van der Waals surface area contributed by atoms with Crippen molar-refractivity contribution in [3.63, 3.8) is 0 Å². The van der Waals surface area contributed by atoms with E-state index in [-0.39, 0.29) is 12.3 Å². The molecule has 0 aliphatic carbocycles. The molecule has 1 aliphatic rings. The Hall–Kier alpha value is -2.04. The summed E-state index contributed by atoms with van der Waals surface area (Å²) in [4.78, 5) is 24.8. The number of benzene rings is 1. The van der Waals surface area contributed by atoms with E-state index < -0.39 is 11.8 Å². The Balaban J connectivity index is 2.33. The van der Waals surface area contributed by atoms with Gasteiger partial charge in [0.25, 0.3) is 0 Å². The molecule has 5 heteroatoms. The molecule has 2 amide bonds. The van der Waals surface area contributed by atoms with Crippen molar-refractivity contribution >= 4 is 17.5 Å². The van der Waals surface area contributed by atoms with Gasteiger partial charge < -0.3 is 15.4 Å². The Morgan fingerprint density at radius 2 is 1.95 bits per heavy atom. The van der Waals surface area contributed by atoms with Crippen molar-refractivity contribution in [2.45, 2.75) is 20.3 Å².